The zero-order valence-corrected chi connectivity index (χ0v) is 15.2. The number of rotatable bonds is 7. The van der Waals surface area contributed by atoms with Gasteiger partial charge in [0, 0.05) is 5.56 Å². The van der Waals surface area contributed by atoms with Gasteiger partial charge in [-0.1, -0.05) is 30.3 Å². The van der Waals surface area contributed by atoms with Crippen molar-refractivity contribution in [1.29, 1.82) is 0 Å². The zero-order valence-electron chi connectivity index (χ0n) is 15.2. The number of carbonyl (C=O) groups excluding carboxylic acids is 2. The van der Waals surface area contributed by atoms with Crippen molar-refractivity contribution >= 4 is 17.9 Å². The molecule has 0 radical (unpaired) electrons. The minimum atomic E-state index is -0.639. The Hall–Kier alpha value is -3.52. The Morgan fingerprint density at radius 2 is 1.56 bits per heavy atom. The molecule has 0 atom stereocenters. The Morgan fingerprint density at radius 3 is 2.04 bits per heavy atom. The summed E-state index contributed by atoms with van der Waals surface area (Å²) in [4.78, 5) is 24.7. The van der Waals surface area contributed by atoms with Crippen LogP contribution in [0, 0.1) is 0 Å². The lowest BCUT2D eigenvalue weighted by atomic mass is 10.1. The molecule has 2 aromatic carbocycles. The Bertz CT molecular complexity index is 825. The van der Waals surface area contributed by atoms with Gasteiger partial charge in [-0.2, -0.15) is 0 Å². The number of nitrogens with two attached hydrogens (primary N) is 1. The summed E-state index contributed by atoms with van der Waals surface area (Å²) in [5, 5.41) is 2.55. The Balaban J connectivity index is 2.38. The van der Waals surface area contributed by atoms with Gasteiger partial charge in [0.25, 0.3) is 11.8 Å². The highest BCUT2D eigenvalue weighted by Gasteiger charge is 2.19. The summed E-state index contributed by atoms with van der Waals surface area (Å²) in [7, 11) is 4.36. The van der Waals surface area contributed by atoms with Gasteiger partial charge in [0.1, 0.15) is 5.70 Å². The molecule has 8 nitrogen and oxygen atoms in total. The predicted molar refractivity (Wildman–Crippen MR) is 100 cm³/mol. The second-order valence-corrected chi connectivity index (χ2v) is 5.31. The van der Waals surface area contributed by atoms with Crippen molar-refractivity contribution in [3.8, 4) is 17.2 Å². The lowest BCUT2D eigenvalue weighted by molar-refractivity contribution is -0.117. The number of nitrogens with one attached hydrogen (secondary N) is 2. The molecule has 0 heterocycles. The molecule has 0 unspecified atom stereocenters. The lowest BCUT2D eigenvalue weighted by Crippen LogP contribution is -2.38. The third kappa shape index (κ3) is 4.77. The van der Waals surface area contributed by atoms with E-state index < -0.39 is 11.8 Å². The average Bonchev–Trinajstić information content (AvgIpc) is 2.71. The predicted octanol–water partition coefficient (Wildman–Crippen LogP) is 1.47. The zero-order chi connectivity index (χ0) is 19.8. The van der Waals surface area contributed by atoms with Gasteiger partial charge < -0.3 is 19.5 Å². The number of hydrogen-bond acceptors (Lipinski definition) is 6. The van der Waals surface area contributed by atoms with Crippen LogP contribution in [0.25, 0.3) is 6.08 Å². The fraction of sp³-hybridized carbons (Fsp3) is 0.158. The van der Waals surface area contributed by atoms with Crippen molar-refractivity contribution in [2.75, 3.05) is 21.3 Å². The van der Waals surface area contributed by atoms with Gasteiger partial charge in [-0.3, -0.25) is 15.0 Å². The normalized spacial score (nSPS) is 10.7. The van der Waals surface area contributed by atoms with Crippen LogP contribution < -0.4 is 30.8 Å². The summed E-state index contributed by atoms with van der Waals surface area (Å²) in [6.45, 7) is 0. The Labute approximate surface area is 156 Å². The molecule has 8 heteroatoms. The second kappa shape index (κ2) is 9.25. The maximum atomic E-state index is 12.7. The quantitative estimate of drug-likeness (QED) is 0.294. The van der Waals surface area contributed by atoms with Crippen LogP contribution in [-0.2, 0) is 4.79 Å². The molecule has 142 valence electrons. The Kier molecular flexibility index (Phi) is 6.79. The monoisotopic (exact) mass is 371 g/mol. The minimum Gasteiger partial charge on any atom is -0.493 e. The molecule has 0 spiro atoms. The first-order valence-corrected chi connectivity index (χ1v) is 7.93. The maximum Gasteiger partial charge on any atom is 0.281 e. The van der Waals surface area contributed by atoms with E-state index in [1.165, 1.54) is 39.5 Å². The van der Waals surface area contributed by atoms with E-state index in [4.69, 9.17) is 20.1 Å². The SMILES string of the molecule is COc1cc(C(=O)N/C(=C/c2ccccc2)C(=O)NN)cc(OC)c1OC. The molecule has 2 aromatic rings. The highest BCUT2D eigenvalue weighted by molar-refractivity contribution is 6.05. The summed E-state index contributed by atoms with van der Waals surface area (Å²) < 4.78 is 15.7. The third-order valence-corrected chi connectivity index (χ3v) is 3.66. The van der Waals surface area contributed by atoms with Crippen LogP contribution in [0.15, 0.2) is 48.2 Å². The van der Waals surface area contributed by atoms with Crippen LogP contribution in [0.4, 0.5) is 0 Å². The standard InChI is InChI=1S/C19H21N3O5/c1-25-15-10-13(11-16(26-2)17(15)27-3)18(23)21-14(19(24)22-20)9-12-7-5-4-6-8-12/h4-11H,20H2,1-3H3,(H,21,23)(H,22,24)/b14-9+. The number of ether oxygens (including phenoxy) is 3. The summed E-state index contributed by atoms with van der Waals surface area (Å²) >= 11 is 0. The van der Waals surface area contributed by atoms with Gasteiger partial charge >= 0.3 is 0 Å². The first-order valence-electron chi connectivity index (χ1n) is 7.93. The molecule has 0 aromatic heterocycles. The average molecular weight is 371 g/mol. The first kappa shape index (κ1) is 19.8. The molecule has 2 amide bonds. The van der Waals surface area contributed by atoms with Gasteiger partial charge in [-0.15, -0.1) is 0 Å². The number of benzene rings is 2. The number of hydrazine groups is 1. The van der Waals surface area contributed by atoms with Crippen LogP contribution in [0.3, 0.4) is 0 Å². The van der Waals surface area contributed by atoms with Crippen LogP contribution in [0.2, 0.25) is 0 Å². The number of carbonyl (C=O) groups is 2. The smallest absolute Gasteiger partial charge is 0.281 e. The van der Waals surface area contributed by atoms with Gasteiger partial charge in [-0.05, 0) is 23.8 Å². The first-order chi connectivity index (χ1) is 13.0. The number of methoxy groups -OCH3 is 3. The molecular formula is C19H21N3O5. The van der Waals surface area contributed by atoms with E-state index in [9.17, 15) is 9.59 Å². The number of amides is 2. The van der Waals surface area contributed by atoms with Crippen LogP contribution in [0.1, 0.15) is 15.9 Å². The van der Waals surface area contributed by atoms with Crippen LogP contribution in [0.5, 0.6) is 17.2 Å². The molecule has 27 heavy (non-hydrogen) atoms. The van der Waals surface area contributed by atoms with Gasteiger partial charge in [0.2, 0.25) is 5.75 Å². The van der Waals surface area contributed by atoms with Crippen molar-refractivity contribution in [3.05, 3.63) is 59.3 Å². The van der Waals surface area contributed by atoms with Crippen molar-refractivity contribution in [1.82, 2.24) is 10.7 Å². The Morgan fingerprint density at radius 1 is 0.963 bits per heavy atom. The van der Waals surface area contributed by atoms with Crippen molar-refractivity contribution in [2.24, 2.45) is 5.84 Å². The molecule has 0 saturated carbocycles. The molecule has 0 aliphatic carbocycles. The molecular weight excluding hydrogens is 350 g/mol. The van der Waals surface area contributed by atoms with Gasteiger partial charge in [0.05, 0.1) is 21.3 Å². The highest BCUT2D eigenvalue weighted by Crippen LogP contribution is 2.38. The van der Waals surface area contributed by atoms with Crippen molar-refractivity contribution in [2.45, 2.75) is 0 Å². The van der Waals surface area contributed by atoms with E-state index in [1.54, 1.807) is 12.1 Å². The highest BCUT2D eigenvalue weighted by atomic mass is 16.5. The minimum absolute atomic E-state index is 0.0116. The fourth-order valence-electron chi connectivity index (χ4n) is 2.36. The molecule has 4 N–H and O–H groups in total. The van der Waals surface area contributed by atoms with Gasteiger partial charge in [-0.25, -0.2) is 5.84 Å². The lowest BCUT2D eigenvalue weighted by Gasteiger charge is -2.14. The van der Waals surface area contributed by atoms with E-state index in [0.717, 1.165) is 5.56 Å². The second-order valence-electron chi connectivity index (χ2n) is 5.31. The largest absolute Gasteiger partial charge is 0.493 e. The van der Waals surface area contributed by atoms with E-state index in [2.05, 4.69) is 5.32 Å². The molecule has 0 aliphatic heterocycles. The summed E-state index contributed by atoms with van der Waals surface area (Å²) in [6, 6.07) is 12.0. The molecule has 2 rings (SSSR count). The van der Waals surface area contributed by atoms with E-state index in [1.807, 2.05) is 23.6 Å². The summed E-state index contributed by atoms with van der Waals surface area (Å²) in [5.74, 6) is 5.04. The number of hydrogen-bond donors (Lipinski definition) is 3. The topological polar surface area (TPSA) is 112 Å². The van der Waals surface area contributed by atoms with Crippen LogP contribution >= 0.6 is 0 Å². The third-order valence-electron chi connectivity index (χ3n) is 3.66. The van der Waals surface area contributed by atoms with Gasteiger partial charge in [0.15, 0.2) is 11.5 Å². The van der Waals surface area contributed by atoms with E-state index in [-0.39, 0.29) is 11.3 Å². The molecule has 0 aliphatic rings. The molecule has 0 saturated heterocycles. The van der Waals surface area contributed by atoms with E-state index >= 15 is 0 Å². The van der Waals surface area contributed by atoms with Crippen molar-refractivity contribution < 1.29 is 23.8 Å². The van der Waals surface area contributed by atoms with Crippen molar-refractivity contribution in [3.63, 3.8) is 0 Å². The fourth-order valence-corrected chi connectivity index (χ4v) is 2.36. The molecule has 0 bridgehead atoms. The maximum absolute atomic E-state index is 12.7. The molecule has 0 fully saturated rings. The van der Waals surface area contributed by atoms with E-state index in [0.29, 0.717) is 17.2 Å². The van der Waals surface area contributed by atoms with Crippen LogP contribution in [-0.4, -0.2) is 33.1 Å². The summed E-state index contributed by atoms with van der Waals surface area (Å²) in [5.41, 5.74) is 2.94. The summed E-state index contributed by atoms with van der Waals surface area (Å²) in [6.07, 6.45) is 1.51.